The van der Waals surface area contributed by atoms with Crippen LogP contribution in [0, 0.1) is 0 Å². The zero-order chi connectivity index (χ0) is 22.0. The van der Waals surface area contributed by atoms with Gasteiger partial charge in [-0.3, -0.25) is 19.7 Å². The van der Waals surface area contributed by atoms with E-state index in [2.05, 4.69) is 20.2 Å². The summed E-state index contributed by atoms with van der Waals surface area (Å²) in [5.74, 6) is 1.33. The number of ether oxygens (including phenoxy) is 2. The zero-order valence-corrected chi connectivity index (χ0v) is 18.1. The molecule has 0 bridgehead atoms. The van der Waals surface area contributed by atoms with E-state index in [1.165, 1.54) is 0 Å². The summed E-state index contributed by atoms with van der Waals surface area (Å²) in [5.41, 5.74) is 3.37. The number of rotatable bonds is 6. The Morgan fingerprint density at radius 1 is 1.06 bits per heavy atom. The van der Waals surface area contributed by atoms with Crippen molar-refractivity contribution in [3.8, 4) is 11.5 Å². The van der Waals surface area contributed by atoms with Gasteiger partial charge >= 0.3 is 0 Å². The molecule has 0 aliphatic carbocycles. The minimum atomic E-state index is -0.521. The number of hydrogen-bond acceptors (Lipinski definition) is 6. The Kier molecular flexibility index (Phi) is 5.49. The molecule has 2 aliphatic heterocycles. The number of aromatic nitrogens is 2. The van der Waals surface area contributed by atoms with E-state index in [9.17, 15) is 4.79 Å². The molecule has 2 aliphatic rings. The van der Waals surface area contributed by atoms with Crippen LogP contribution in [-0.4, -0.2) is 41.0 Å². The van der Waals surface area contributed by atoms with Gasteiger partial charge in [-0.1, -0.05) is 6.07 Å². The minimum Gasteiger partial charge on any atom is -0.493 e. The zero-order valence-electron chi connectivity index (χ0n) is 18.1. The third-order valence-corrected chi connectivity index (χ3v) is 6.47. The van der Waals surface area contributed by atoms with E-state index in [-0.39, 0.29) is 5.91 Å². The number of likely N-dealkylation sites (tertiary alicyclic amines) is 1. The molecule has 1 fully saturated rings. The highest BCUT2D eigenvalue weighted by Crippen LogP contribution is 2.49. The summed E-state index contributed by atoms with van der Waals surface area (Å²) in [5, 5.41) is 3.10. The quantitative estimate of drug-likeness (QED) is 0.645. The van der Waals surface area contributed by atoms with E-state index < -0.39 is 5.41 Å². The number of benzene rings is 1. The summed E-state index contributed by atoms with van der Waals surface area (Å²) >= 11 is 0. The van der Waals surface area contributed by atoms with Gasteiger partial charge in [-0.2, -0.15) is 0 Å². The highest BCUT2D eigenvalue weighted by atomic mass is 16.5. The Bertz CT molecular complexity index is 1100. The lowest BCUT2D eigenvalue weighted by atomic mass is 9.73. The molecular weight excluding hydrogens is 404 g/mol. The van der Waals surface area contributed by atoms with Crippen molar-refractivity contribution in [3.63, 3.8) is 0 Å². The maximum Gasteiger partial charge on any atom is 0.235 e. The molecule has 164 valence electrons. The third kappa shape index (κ3) is 3.80. The summed E-state index contributed by atoms with van der Waals surface area (Å²) in [6.45, 7) is 2.88. The fraction of sp³-hybridized carbons (Fsp3) is 0.320. The Labute approximate surface area is 187 Å². The van der Waals surface area contributed by atoms with Gasteiger partial charge in [0.15, 0.2) is 11.5 Å². The number of amides is 1. The van der Waals surface area contributed by atoms with Gasteiger partial charge in [-0.05, 0) is 67.4 Å². The molecule has 1 saturated heterocycles. The van der Waals surface area contributed by atoms with Gasteiger partial charge in [0.2, 0.25) is 5.91 Å². The number of piperidine rings is 1. The molecule has 7 heteroatoms. The molecule has 3 aromatic rings. The molecule has 1 amide bonds. The molecule has 2 aromatic heterocycles. The molecule has 0 radical (unpaired) electrons. The first-order valence-corrected chi connectivity index (χ1v) is 10.9. The average Bonchev–Trinajstić information content (AvgIpc) is 3.10. The van der Waals surface area contributed by atoms with Gasteiger partial charge in [0.05, 0.1) is 18.2 Å². The number of carbonyl (C=O) groups excluding carboxylic acids is 1. The van der Waals surface area contributed by atoms with Crippen LogP contribution in [0.2, 0.25) is 0 Å². The number of nitrogens with one attached hydrogen (secondary N) is 1. The minimum absolute atomic E-state index is 0.0679. The summed E-state index contributed by atoms with van der Waals surface area (Å²) < 4.78 is 11.6. The van der Waals surface area contributed by atoms with Crippen LogP contribution >= 0.6 is 0 Å². The molecule has 0 atom stereocenters. The highest BCUT2D eigenvalue weighted by Gasteiger charge is 2.49. The summed E-state index contributed by atoms with van der Waals surface area (Å²) in [6, 6.07) is 13.7. The normalized spacial score (nSPS) is 17.1. The maximum absolute atomic E-state index is 13.1. The fourth-order valence-corrected chi connectivity index (χ4v) is 4.65. The third-order valence-electron chi connectivity index (χ3n) is 6.47. The van der Waals surface area contributed by atoms with Crippen LogP contribution in [0.15, 0.2) is 61.1 Å². The van der Waals surface area contributed by atoms with E-state index >= 15 is 0 Å². The van der Waals surface area contributed by atoms with Crippen molar-refractivity contribution in [2.24, 2.45) is 0 Å². The van der Waals surface area contributed by atoms with Crippen molar-refractivity contribution in [1.82, 2.24) is 14.9 Å². The SMILES string of the molecule is COc1cc2c(cc1OCc1ccncc1)NC(=O)C21CCN(Cc2ccccn2)CC1. The number of pyridine rings is 2. The lowest BCUT2D eigenvalue weighted by molar-refractivity contribution is -0.122. The van der Waals surface area contributed by atoms with Crippen LogP contribution in [0.25, 0.3) is 0 Å². The average molecular weight is 431 g/mol. The first kappa shape index (κ1) is 20.5. The second-order valence-electron chi connectivity index (χ2n) is 8.33. The van der Waals surface area contributed by atoms with Crippen molar-refractivity contribution in [3.05, 3.63) is 77.9 Å². The molecule has 0 saturated carbocycles. The van der Waals surface area contributed by atoms with Crippen molar-refractivity contribution < 1.29 is 14.3 Å². The second kappa shape index (κ2) is 8.59. The van der Waals surface area contributed by atoms with Crippen LogP contribution in [0.4, 0.5) is 5.69 Å². The van der Waals surface area contributed by atoms with Gasteiger partial charge in [-0.25, -0.2) is 0 Å². The van der Waals surface area contributed by atoms with Crippen molar-refractivity contribution in [1.29, 1.82) is 0 Å². The van der Waals surface area contributed by atoms with Gasteiger partial charge in [-0.15, -0.1) is 0 Å². The van der Waals surface area contributed by atoms with E-state index in [4.69, 9.17) is 9.47 Å². The highest BCUT2D eigenvalue weighted by molar-refractivity contribution is 6.06. The van der Waals surface area contributed by atoms with Gasteiger partial charge < -0.3 is 14.8 Å². The topological polar surface area (TPSA) is 76.6 Å². The second-order valence-corrected chi connectivity index (χ2v) is 8.33. The van der Waals surface area contributed by atoms with Crippen molar-refractivity contribution in [2.45, 2.75) is 31.4 Å². The van der Waals surface area contributed by atoms with Gasteiger partial charge in [0.25, 0.3) is 0 Å². The predicted octanol–water partition coefficient (Wildman–Crippen LogP) is 3.55. The monoisotopic (exact) mass is 430 g/mol. The molecular formula is C25H26N4O3. The molecule has 32 heavy (non-hydrogen) atoms. The Hall–Kier alpha value is -3.45. The first-order chi connectivity index (χ1) is 15.7. The molecule has 1 aromatic carbocycles. The smallest absolute Gasteiger partial charge is 0.235 e. The van der Waals surface area contributed by atoms with Gasteiger partial charge in [0, 0.05) is 36.9 Å². The number of nitrogens with zero attached hydrogens (tertiary/aromatic N) is 3. The summed E-state index contributed by atoms with van der Waals surface area (Å²) in [6.07, 6.45) is 6.83. The number of methoxy groups -OCH3 is 1. The Balaban J connectivity index is 1.34. The van der Waals surface area contributed by atoms with Crippen LogP contribution in [-0.2, 0) is 23.4 Å². The van der Waals surface area contributed by atoms with Gasteiger partial charge in [0.1, 0.15) is 6.61 Å². The summed E-state index contributed by atoms with van der Waals surface area (Å²) in [7, 11) is 1.63. The van der Waals surface area contributed by atoms with E-state index in [1.54, 1.807) is 19.5 Å². The molecule has 4 heterocycles. The molecule has 7 nitrogen and oxygen atoms in total. The van der Waals surface area contributed by atoms with Crippen molar-refractivity contribution >= 4 is 11.6 Å². The lowest BCUT2D eigenvalue weighted by Gasteiger charge is -2.38. The number of fused-ring (bicyclic) bond motifs is 2. The Morgan fingerprint density at radius 3 is 2.59 bits per heavy atom. The lowest BCUT2D eigenvalue weighted by Crippen LogP contribution is -2.46. The molecule has 1 N–H and O–H groups in total. The largest absolute Gasteiger partial charge is 0.493 e. The summed E-state index contributed by atoms with van der Waals surface area (Å²) in [4.78, 5) is 24.0. The van der Waals surface area contributed by atoms with Crippen LogP contribution in [0.1, 0.15) is 29.7 Å². The fourth-order valence-electron chi connectivity index (χ4n) is 4.65. The standard InChI is InChI=1S/C25H26N4O3/c1-31-22-14-20-21(15-23(22)32-17-18-5-10-26-11-6-18)28-24(30)25(20)7-12-29(13-8-25)16-19-4-2-3-9-27-19/h2-6,9-11,14-15H,7-8,12-13,16-17H2,1H3,(H,28,30). The van der Waals surface area contributed by atoms with E-state index in [0.717, 1.165) is 55.0 Å². The van der Waals surface area contributed by atoms with E-state index in [0.29, 0.717) is 18.1 Å². The van der Waals surface area contributed by atoms with Crippen LogP contribution < -0.4 is 14.8 Å². The number of anilines is 1. The molecule has 1 spiro atoms. The number of hydrogen-bond donors (Lipinski definition) is 1. The van der Waals surface area contributed by atoms with Crippen molar-refractivity contribution in [2.75, 3.05) is 25.5 Å². The maximum atomic E-state index is 13.1. The number of carbonyl (C=O) groups is 1. The van der Waals surface area contributed by atoms with E-state index in [1.807, 2.05) is 48.7 Å². The van der Waals surface area contributed by atoms with Crippen LogP contribution in [0.3, 0.4) is 0 Å². The predicted molar refractivity (Wildman–Crippen MR) is 121 cm³/mol. The molecule has 5 rings (SSSR count). The molecule has 0 unspecified atom stereocenters. The Morgan fingerprint density at radius 2 is 1.88 bits per heavy atom. The first-order valence-electron chi connectivity index (χ1n) is 10.9. The van der Waals surface area contributed by atoms with Crippen LogP contribution in [0.5, 0.6) is 11.5 Å².